The molecule has 0 spiro atoms. The van der Waals surface area contributed by atoms with Gasteiger partial charge in [0.2, 0.25) is 0 Å². The Kier molecular flexibility index (Phi) is 6.08. The maximum atomic E-state index is 5.87. The number of aryl methyl sites for hydroxylation is 1. The molecule has 0 heterocycles. The van der Waals surface area contributed by atoms with E-state index >= 15 is 0 Å². The first-order chi connectivity index (χ1) is 9.78. The molecule has 2 unspecified atom stereocenters. The topological polar surface area (TPSA) is 9.23 Å². The summed E-state index contributed by atoms with van der Waals surface area (Å²) in [5.41, 5.74) is 2.07. The predicted octanol–water partition coefficient (Wildman–Crippen LogP) is 5.46. The van der Waals surface area contributed by atoms with Gasteiger partial charge in [-0.25, -0.2) is 0 Å². The van der Waals surface area contributed by atoms with Gasteiger partial charge < -0.3 is 4.74 Å². The molecule has 2 rings (SSSR count). The molecule has 0 aliphatic carbocycles. The van der Waals surface area contributed by atoms with Crippen LogP contribution < -0.4 is 4.74 Å². The van der Waals surface area contributed by atoms with Crippen molar-refractivity contribution in [3.63, 3.8) is 0 Å². The second kappa shape index (κ2) is 8.07. The fourth-order valence-corrected chi connectivity index (χ4v) is 2.76. The molecule has 0 amide bonds. The summed E-state index contributed by atoms with van der Waals surface area (Å²) in [6.45, 7) is 2.24. The molecule has 0 saturated carbocycles. The van der Waals surface area contributed by atoms with Crippen LogP contribution in [-0.4, -0.2) is 5.66 Å². The Morgan fingerprint density at radius 3 is 2.45 bits per heavy atom. The van der Waals surface area contributed by atoms with Gasteiger partial charge in [0, 0.05) is 0 Å². The van der Waals surface area contributed by atoms with Crippen LogP contribution in [0.3, 0.4) is 0 Å². The molecule has 0 bridgehead atoms. The second-order valence-electron chi connectivity index (χ2n) is 5.15. The third-order valence-corrected chi connectivity index (χ3v) is 4.01. The minimum Gasteiger partial charge on any atom is -0.457 e. The molecule has 0 radical (unpaired) electrons. The number of benzene rings is 2. The number of para-hydroxylation sites is 1. The first-order valence-corrected chi connectivity index (χ1v) is 8.02. The summed E-state index contributed by atoms with van der Waals surface area (Å²) in [6, 6.07) is 18.4. The van der Waals surface area contributed by atoms with Crippen LogP contribution in [0.1, 0.15) is 31.7 Å². The van der Waals surface area contributed by atoms with Gasteiger partial charge in [-0.1, -0.05) is 43.7 Å². The van der Waals surface area contributed by atoms with Gasteiger partial charge in [0.1, 0.15) is 11.5 Å². The van der Waals surface area contributed by atoms with Crippen molar-refractivity contribution in [1.29, 1.82) is 0 Å². The predicted molar refractivity (Wildman–Crippen MR) is 89.7 cm³/mol. The molecule has 0 fully saturated rings. The Morgan fingerprint density at radius 2 is 1.70 bits per heavy atom. The zero-order valence-electron chi connectivity index (χ0n) is 12.1. The molecule has 1 nitrogen and oxygen atoms in total. The van der Waals surface area contributed by atoms with E-state index in [1.54, 1.807) is 0 Å². The fraction of sp³-hybridized carbons (Fsp3) is 0.333. The van der Waals surface area contributed by atoms with Crippen LogP contribution in [0.2, 0.25) is 0 Å². The van der Waals surface area contributed by atoms with E-state index in [4.69, 9.17) is 4.74 Å². The highest BCUT2D eigenvalue weighted by molar-refractivity contribution is 7.17. The molecule has 106 valence electrons. The molecule has 0 aliphatic rings. The molecule has 0 saturated heterocycles. The SMILES string of the molecule is CCCC(P)CCc1cccc(Oc2ccccc2)c1. The Hall–Kier alpha value is -1.33. The summed E-state index contributed by atoms with van der Waals surface area (Å²) in [5.74, 6) is 1.81. The van der Waals surface area contributed by atoms with Gasteiger partial charge >= 0.3 is 0 Å². The zero-order chi connectivity index (χ0) is 14.2. The lowest BCUT2D eigenvalue weighted by atomic mass is 10.1. The zero-order valence-corrected chi connectivity index (χ0v) is 13.2. The van der Waals surface area contributed by atoms with Gasteiger partial charge in [-0.2, -0.15) is 0 Å². The second-order valence-corrected chi connectivity index (χ2v) is 6.09. The normalized spacial score (nSPS) is 12.1. The van der Waals surface area contributed by atoms with Crippen LogP contribution in [-0.2, 0) is 6.42 Å². The molecule has 0 aromatic heterocycles. The largest absolute Gasteiger partial charge is 0.457 e. The van der Waals surface area contributed by atoms with Crippen molar-refractivity contribution in [2.75, 3.05) is 0 Å². The van der Waals surface area contributed by atoms with Crippen molar-refractivity contribution in [2.24, 2.45) is 0 Å². The van der Waals surface area contributed by atoms with E-state index in [0.717, 1.165) is 23.6 Å². The molecule has 2 atom stereocenters. The van der Waals surface area contributed by atoms with Crippen LogP contribution in [0.15, 0.2) is 54.6 Å². The summed E-state index contributed by atoms with van der Waals surface area (Å²) >= 11 is 0. The van der Waals surface area contributed by atoms with Gasteiger partial charge in [0.05, 0.1) is 0 Å². The highest BCUT2D eigenvalue weighted by atomic mass is 31.0. The van der Waals surface area contributed by atoms with Gasteiger partial charge in [0.25, 0.3) is 0 Å². The van der Waals surface area contributed by atoms with Crippen LogP contribution >= 0.6 is 9.24 Å². The minimum atomic E-state index is 0.721. The van der Waals surface area contributed by atoms with E-state index < -0.39 is 0 Å². The van der Waals surface area contributed by atoms with Crippen LogP contribution in [0.4, 0.5) is 0 Å². The molecular weight excluding hydrogens is 263 g/mol. The first kappa shape index (κ1) is 15.1. The Morgan fingerprint density at radius 1 is 0.950 bits per heavy atom. The summed E-state index contributed by atoms with van der Waals surface area (Å²) in [7, 11) is 2.96. The monoisotopic (exact) mass is 286 g/mol. The van der Waals surface area contributed by atoms with Gasteiger partial charge in [-0.05, 0) is 54.8 Å². The van der Waals surface area contributed by atoms with Crippen molar-refractivity contribution in [3.05, 3.63) is 60.2 Å². The number of rotatable bonds is 7. The van der Waals surface area contributed by atoms with Gasteiger partial charge in [-0.3, -0.25) is 0 Å². The molecule has 0 N–H and O–H groups in total. The summed E-state index contributed by atoms with van der Waals surface area (Å²) in [5, 5.41) is 0. The highest BCUT2D eigenvalue weighted by Crippen LogP contribution is 2.23. The van der Waals surface area contributed by atoms with E-state index in [0.29, 0.717) is 0 Å². The van der Waals surface area contributed by atoms with Crippen molar-refractivity contribution in [1.82, 2.24) is 0 Å². The van der Waals surface area contributed by atoms with Crippen LogP contribution in [0, 0.1) is 0 Å². The lowest BCUT2D eigenvalue weighted by Crippen LogP contribution is -1.99. The maximum absolute atomic E-state index is 5.87. The molecule has 0 aliphatic heterocycles. The minimum absolute atomic E-state index is 0.721. The van der Waals surface area contributed by atoms with E-state index in [1.165, 1.54) is 24.8 Å². The Labute approximate surface area is 124 Å². The van der Waals surface area contributed by atoms with E-state index in [2.05, 4.69) is 34.4 Å². The molecule has 2 aromatic rings. The standard InChI is InChI=1S/C18H23OP/c1-2-7-18(20)13-12-15-8-6-11-17(14-15)19-16-9-4-3-5-10-16/h3-6,8-11,14,18H,2,7,12-13,20H2,1H3. The van der Waals surface area contributed by atoms with Crippen LogP contribution in [0.25, 0.3) is 0 Å². The number of ether oxygens (including phenoxy) is 1. The van der Waals surface area contributed by atoms with Crippen molar-refractivity contribution in [3.8, 4) is 11.5 Å². The van der Waals surface area contributed by atoms with Crippen molar-refractivity contribution < 1.29 is 4.74 Å². The maximum Gasteiger partial charge on any atom is 0.127 e. The Bertz CT molecular complexity index is 510. The highest BCUT2D eigenvalue weighted by Gasteiger charge is 2.03. The fourth-order valence-electron chi connectivity index (χ4n) is 2.26. The number of hydrogen-bond acceptors (Lipinski definition) is 1. The summed E-state index contributed by atoms with van der Waals surface area (Å²) in [4.78, 5) is 0. The third-order valence-electron chi connectivity index (χ3n) is 3.34. The van der Waals surface area contributed by atoms with Crippen molar-refractivity contribution in [2.45, 2.75) is 38.3 Å². The molecule has 20 heavy (non-hydrogen) atoms. The Balaban J connectivity index is 1.94. The summed E-state index contributed by atoms with van der Waals surface area (Å²) in [6.07, 6.45) is 4.86. The first-order valence-electron chi connectivity index (χ1n) is 7.35. The lowest BCUT2D eigenvalue weighted by molar-refractivity contribution is 0.482. The smallest absolute Gasteiger partial charge is 0.127 e. The molecule has 2 heteroatoms. The summed E-state index contributed by atoms with van der Waals surface area (Å²) < 4.78 is 5.87. The van der Waals surface area contributed by atoms with E-state index in [-0.39, 0.29) is 0 Å². The van der Waals surface area contributed by atoms with Crippen molar-refractivity contribution >= 4 is 9.24 Å². The quantitative estimate of drug-likeness (QED) is 0.614. The lowest BCUT2D eigenvalue weighted by Gasteiger charge is -2.11. The van der Waals surface area contributed by atoms with Crippen LogP contribution in [0.5, 0.6) is 11.5 Å². The average molecular weight is 286 g/mol. The van der Waals surface area contributed by atoms with E-state index in [9.17, 15) is 0 Å². The van der Waals surface area contributed by atoms with Gasteiger partial charge in [-0.15, -0.1) is 9.24 Å². The molecular formula is C18H23OP. The number of hydrogen-bond donors (Lipinski definition) is 0. The molecule has 2 aromatic carbocycles. The van der Waals surface area contributed by atoms with Gasteiger partial charge in [0.15, 0.2) is 0 Å². The average Bonchev–Trinajstić information content (AvgIpc) is 2.47. The van der Waals surface area contributed by atoms with E-state index in [1.807, 2.05) is 36.4 Å². The third kappa shape index (κ3) is 4.98.